The first-order chi connectivity index (χ1) is 3.56. The third-order valence-corrected chi connectivity index (χ3v) is 0.768. The van der Waals surface area contributed by atoms with Gasteiger partial charge in [0.1, 0.15) is 0 Å². The van der Waals surface area contributed by atoms with Crippen molar-refractivity contribution in [3.05, 3.63) is 0 Å². The third-order valence-electron chi connectivity index (χ3n) is 0.374. The average Bonchev–Trinajstić information content (AvgIpc) is 1.59. The first kappa shape index (κ1) is 12.2. The van der Waals surface area contributed by atoms with Crippen molar-refractivity contribution in [2.75, 3.05) is 0 Å². The second-order valence-corrected chi connectivity index (χ2v) is 2.20. The maximum absolute atomic E-state index is 9.66. The van der Waals surface area contributed by atoms with Gasteiger partial charge in [0.25, 0.3) is 0 Å². The molecule has 0 unspecified atom stereocenters. The van der Waals surface area contributed by atoms with Crippen LogP contribution in [-0.2, 0) is 10.1 Å². The molecule has 3 nitrogen and oxygen atoms in total. The van der Waals surface area contributed by atoms with Crippen molar-refractivity contribution >= 4 is 10.1 Å². The Hall–Kier alpha value is 0.470. The van der Waals surface area contributed by atoms with E-state index in [-0.39, 0.29) is 29.6 Å². The zero-order valence-corrected chi connectivity index (χ0v) is 8.16. The summed E-state index contributed by atoms with van der Waals surface area (Å²) in [4.78, 5) is 0. The minimum atomic E-state index is -4.30. The van der Waals surface area contributed by atoms with E-state index < -0.39 is 10.1 Å². The van der Waals surface area contributed by atoms with Crippen LogP contribution in [-0.4, -0.2) is 13.0 Å². The van der Waals surface area contributed by atoms with Crippen LogP contribution < -0.4 is 29.6 Å². The van der Waals surface area contributed by atoms with Crippen molar-refractivity contribution in [1.82, 2.24) is 0 Å². The summed E-state index contributed by atoms with van der Waals surface area (Å²) in [7, 11) is -4.30. The Morgan fingerprint density at radius 1 is 1.56 bits per heavy atom. The van der Waals surface area contributed by atoms with Gasteiger partial charge in [-0.15, -0.1) is 0 Å². The molecule has 0 saturated heterocycles. The number of rotatable bonds is 0. The topological polar surface area (TPSA) is 57.2 Å². The fourth-order valence-electron chi connectivity index (χ4n) is 0.161. The predicted octanol–water partition coefficient (Wildman–Crippen LogP) is -3.09. The van der Waals surface area contributed by atoms with Gasteiger partial charge in [0.2, 0.25) is 0 Å². The molecule has 0 amide bonds. The van der Waals surface area contributed by atoms with E-state index in [2.05, 4.69) is 5.92 Å². The summed E-state index contributed by atoms with van der Waals surface area (Å²) in [5.74, 6) is 2.14. The molecule has 0 N–H and O–H groups in total. The summed E-state index contributed by atoms with van der Waals surface area (Å²) in [5.41, 5.74) is 0. The molecule has 0 radical (unpaired) electrons. The van der Waals surface area contributed by atoms with Crippen molar-refractivity contribution < 1.29 is 42.5 Å². The SMILES string of the molecule is CCC#CS(=O)(=O)[O-].[Na+]. The summed E-state index contributed by atoms with van der Waals surface area (Å²) < 4.78 is 29.0. The largest absolute Gasteiger partial charge is 1.00 e. The molecule has 9 heavy (non-hydrogen) atoms. The van der Waals surface area contributed by atoms with Crippen molar-refractivity contribution in [2.24, 2.45) is 0 Å². The summed E-state index contributed by atoms with van der Waals surface area (Å²) in [6.07, 6.45) is 0.390. The minimum Gasteiger partial charge on any atom is -0.738 e. The monoisotopic (exact) mass is 156 g/mol. The molecule has 0 fully saturated rings. The quantitative estimate of drug-likeness (QED) is 0.212. The molecule has 0 aromatic carbocycles. The van der Waals surface area contributed by atoms with Crippen LogP contribution in [0.4, 0.5) is 0 Å². The summed E-state index contributed by atoms with van der Waals surface area (Å²) in [6.45, 7) is 1.66. The van der Waals surface area contributed by atoms with Crippen molar-refractivity contribution in [3.63, 3.8) is 0 Å². The molecule has 0 atom stereocenters. The fourth-order valence-corrected chi connectivity index (χ4v) is 0.482. The zero-order valence-electron chi connectivity index (χ0n) is 5.34. The van der Waals surface area contributed by atoms with Gasteiger partial charge in [0, 0.05) is 11.7 Å². The van der Waals surface area contributed by atoms with E-state index in [0.29, 0.717) is 6.42 Å². The maximum Gasteiger partial charge on any atom is 1.00 e. The Morgan fingerprint density at radius 3 is 2.11 bits per heavy atom. The van der Waals surface area contributed by atoms with Gasteiger partial charge in [0.15, 0.2) is 10.1 Å². The molecule has 0 spiro atoms. The third kappa shape index (κ3) is 11.8. The Bertz CT molecular complexity index is 208. The van der Waals surface area contributed by atoms with E-state index in [4.69, 9.17) is 0 Å². The van der Waals surface area contributed by atoms with Gasteiger partial charge >= 0.3 is 29.6 Å². The molecule has 0 aliphatic carbocycles. The van der Waals surface area contributed by atoms with E-state index in [0.717, 1.165) is 0 Å². The Kier molecular flexibility index (Phi) is 7.13. The van der Waals surface area contributed by atoms with Crippen LogP contribution in [0.1, 0.15) is 13.3 Å². The van der Waals surface area contributed by atoms with Crippen molar-refractivity contribution in [3.8, 4) is 11.2 Å². The zero-order chi connectivity index (χ0) is 6.62. The molecule has 0 bridgehead atoms. The Morgan fingerprint density at radius 2 is 2.00 bits per heavy atom. The Labute approximate surface area is 76.9 Å². The molecule has 0 rings (SSSR count). The molecule has 0 aliphatic rings. The van der Waals surface area contributed by atoms with Gasteiger partial charge in [-0.25, -0.2) is 8.42 Å². The second kappa shape index (κ2) is 5.27. The minimum absolute atomic E-state index is 0. The number of hydrogen-bond donors (Lipinski definition) is 0. The van der Waals surface area contributed by atoms with Gasteiger partial charge in [-0.05, 0) is 0 Å². The van der Waals surface area contributed by atoms with Gasteiger partial charge < -0.3 is 4.55 Å². The van der Waals surface area contributed by atoms with Gasteiger partial charge in [-0.1, -0.05) is 12.8 Å². The number of hydrogen-bond acceptors (Lipinski definition) is 3. The maximum atomic E-state index is 9.66. The summed E-state index contributed by atoms with van der Waals surface area (Å²) in [5, 5.41) is 1.54. The van der Waals surface area contributed by atoms with Crippen LogP contribution in [0, 0.1) is 11.2 Å². The van der Waals surface area contributed by atoms with E-state index in [9.17, 15) is 13.0 Å². The van der Waals surface area contributed by atoms with Gasteiger partial charge in [0.05, 0.1) is 0 Å². The first-order valence-electron chi connectivity index (χ1n) is 2.01. The smallest absolute Gasteiger partial charge is 0.738 e. The average molecular weight is 156 g/mol. The summed E-state index contributed by atoms with van der Waals surface area (Å²) >= 11 is 0. The van der Waals surface area contributed by atoms with Gasteiger partial charge in [-0.2, -0.15) is 0 Å². The molecular formula is C4H5NaO3S. The molecule has 46 valence electrons. The molecule has 5 heteroatoms. The molecule has 0 aromatic heterocycles. The summed E-state index contributed by atoms with van der Waals surface area (Å²) in [6, 6.07) is 0. The predicted molar refractivity (Wildman–Crippen MR) is 27.8 cm³/mol. The Balaban J connectivity index is 0. The van der Waals surface area contributed by atoms with E-state index in [1.54, 1.807) is 6.92 Å². The fraction of sp³-hybridized carbons (Fsp3) is 0.500. The van der Waals surface area contributed by atoms with E-state index in [1.807, 2.05) is 0 Å². The standard InChI is InChI=1S/C4H6O3S.Na/c1-2-3-4-8(5,6)7;/h2H2,1H3,(H,5,6,7);/q;+1/p-1. The van der Waals surface area contributed by atoms with E-state index in [1.165, 1.54) is 5.25 Å². The van der Waals surface area contributed by atoms with Crippen LogP contribution in [0.5, 0.6) is 0 Å². The van der Waals surface area contributed by atoms with E-state index >= 15 is 0 Å². The van der Waals surface area contributed by atoms with Crippen LogP contribution >= 0.6 is 0 Å². The van der Waals surface area contributed by atoms with Crippen LogP contribution in [0.3, 0.4) is 0 Å². The molecule has 0 saturated carbocycles. The molecule has 0 aliphatic heterocycles. The normalized spacial score (nSPS) is 8.67. The van der Waals surface area contributed by atoms with Crippen LogP contribution in [0.15, 0.2) is 0 Å². The van der Waals surface area contributed by atoms with Crippen molar-refractivity contribution in [1.29, 1.82) is 0 Å². The van der Waals surface area contributed by atoms with Gasteiger partial charge in [-0.3, -0.25) is 0 Å². The molecular weight excluding hydrogens is 151 g/mol. The molecule has 0 heterocycles. The van der Waals surface area contributed by atoms with Crippen molar-refractivity contribution in [2.45, 2.75) is 13.3 Å². The molecule has 0 aromatic rings. The van der Waals surface area contributed by atoms with Crippen LogP contribution in [0.25, 0.3) is 0 Å². The first-order valence-corrected chi connectivity index (χ1v) is 3.42. The van der Waals surface area contributed by atoms with Crippen LogP contribution in [0.2, 0.25) is 0 Å². The second-order valence-electron chi connectivity index (χ2n) is 1.09.